The van der Waals surface area contributed by atoms with Crippen LogP contribution in [0, 0.1) is 9.39 Å². The summed E-state index contributed by atoms with van der Waals surface area (Å²) in [7, 11) is 0. The smallest absolute Gasteiger partial charge is 0.252 e. The number of carbonyl (C=O) groups excluding carboxylic acids is 2. The minimum Gasteiger partial charge on any atom is -0.366 e. The second kappa shape index (κ2) is 8.48. The van der Waals surface area contributed by atoms with Crippen LogP contribution in [0.2, 0.25) is 0 Å². The van der Waals surface area contributed by atoms with Crippen LogP contribution in [-0.4, -0.2) is 49.4 Å². The van der Waals surface area contributed by atoms with Gasteiger partial charge < -0.3 is 15.1 Å². The number of amides is 2. The highest BCUT2D eigenvalue weighted by Gasteiger charge is 2.23. The normalized spacial score (nSPS) is 14.2. The molecule has 1 aliphatic heterocycles. The van der Waals surface area contributed by atoms with E-state index in [2.05, 4.69) is 27.9 Å². The summed E-state index contributed by atoms with van der Waals surface area (Å²) in [6, 6.07) is 13.9. The van der Waals surface area contributed by atoms with Crippen LogP contribution in [0.15, 0.2) is 48.5 Å². The summed E-state index contributed by atoms with van der Waals surface area (Å²) in [6.07, 6.45) is 0. The summed E-state index contributed by atoms with van der Waals surface area (Å²) in [6.45, 7) is 2.11. The lowest BCUT2D eigenvalue weighted by molar-refractivity contribution is -0.130. The Morgan fingerprint density at radius 3 is 2.35 bits per heavy atom. The molecule has 0 aromatic heterocycles. The summed E-state index contributed by atoms with van der Waals surface area (Å²) < 4.78 is 14.7. The van der Waals surface area contributed by atoms with E-state index in [0.29, 0.717) is 37.4 Å². The molecule has 1 aliphatic rings. The van der Waals surface area contributed by atoms with Gasteiger partial charge in [-0.2, -0.15) is 0 Å². The quantitative estimate of drug-likeness (QED) is 0.704. The van der Waals surface area contributed by atoms with Crippen molar-refractivity contribution in [3.63, 3.8) is 0 Å². The van der Waals surface area contributed by atoms with E-state index < -0.39 is 0 Å². The third kappa shape index (κ3) is 4.32. The fraction of sp³-hybridized carbons (Fsp3) is 0.263. The molecular weight excluding hydrogens is 448 g/mol. The Bertz CT molecular complexity index is 807. The van der Waals surface area contributed by atoms with Gasteiger partial charge in [0, 0.05) is 29.7 Å². The molecule has 2 aromatic carbocycles. The van der Waals surface area contributed by atoms with Gasteiger partial charge in [-0.1, -0.05) is 24.3 Å². The molecule has 0 spiro atoms. The van der Waals surface area contributed by atoms with Gasteiger partial charge in [0.15, 0.2) is 0 Å². The first-order valence-corrected chi connectivity index (χ1v) is 9.44. The summed E-state index contributed by atoms with van der Waals surface area (Å²) >= 11 is 2.09. The maximum absolute atomic E-state index is 13.9. The van der Waals surface area contributed by atoms with Gasteiger partial charge in [0.2, 0.25) is 5.91 Å². The van der Waals surface area contributed by atoms with E-state index in [1.807, 2.05) is 17.0 Å². The Kier molecular flexibility index (Phi) is 6.08. The Hall–Kier alpha value is -2.16. The van der Waals surface area contributed by atoms with E-state index in [1.165, 1.54) is 6.07 Å². The summed E-state index contributed by atoms with van der Waals surface area (Å²) in [5, 5.41) is 2.68. The average Bonchev–Trinajstić information content (AvgIpc) is 2.67. The minimum absolute atomic E-state index is 0.0382. The zero-order valence-corrected chi connectivity index (χ0v) is 16.3. The van der Waals surface area contributed by atoms with Gasteiger partial charge in [-0.3, -0.25) is 9.59 Å². The van der Waals surface area contributed by atoms with Crippen LogP contribution in [0.4, 0.5) is 10.1 Å². The zero-order chi connectivity index (χ0) is 18.5. The van der Waals surface area contributed by atoms with Gasteiger partial charge in [0.05, 0.1) is 17.8 Å². The Labute approximate surface area is 165 Å². The number of nitrogens with one attached hydrogen (secondary N) is 1. The lowest BCUT2D eigenvalue weighted by atomic mass is 10.2. The van der Waals surface area contributed by atoms with Crippen LogP contribution in [0.5, 0.6) is 0 Å². The zero-order valence-electron chi connectivity index (χ0n) is 14.1. The highest BCUT2D eigenvalue weighted by atomic mass is 127. The summed E-state index contributed by atoms with van der Waals surface area (Å²) in [4.78, 5) is 28.2. The lowest BCUT2D eigenvalue weighted by Gasteiger charge is -2.36. The molecular formula is C19H19FIN3O2. The second-order valence-corrected chi connectivity index (χ2v) is 7.14. The number of hydrogen-bond donors (Lipinski definition) is 1. The number of anilines is 1. The fourth-order valence-corrected chi connectivity index (χ4v) is 3.55. The van der Waals surface area contributed by atoms with Crippen molar-refractivity contribution < 1.29 is 14.0 Å². The molecule has 1 heterocycles. The van der Waals surface area contributed by atoms with Crippen LogP contribution < -0.4 is 10.2 Å². The summed E-state index contributed by atoms with van der Waals surface area (Å²) in [5.74, 6) is -0.636. The number of hydrogen-bond acceptors (Lipinski definition) is 3. The van der Waals surface area contributed by atoms with Gasteiger partial charge in [0.1, 0.15) is 5.82 Å². The first kappa shape index (κ1) is 18.6. The van der Waals surface area contributed by atoms with Crippen molar-refractivity contribution in [3.8, 4) is 0 Å². The predicted octanol–water partition coefficient (Wildman–Crippen LogP) is 2.51. The van der Waals surface area contributed by atoms with Gasteiger partial charge in [0.25, 0.3) is 5.91 Å². The molecule has 136 valence electrons. The van der Waals surface area contributed by atoms with Gasteiger partial charge in [-0.15, -0.1) is 0 Å². The highest BCUT2D eigenvalue weighted by Crippen LogP contribution is 2.20. The molecule has 26 heavy (non-hydrogen) atoms. The molecule has 1 fully saturated rings. The molecule has 0 bridgehead atoms. The Morgan fingerprint density at radius 1 is 1.00 bits per heavy atom. The number of piperazine rings is 1. The minimum atomic E-state index is -0.256. The van der Waals surface area contributed by atoms with Crippen LogP contribution in [-0.2, 0) is 4.79 Å². The fourth-order valence-electron chi connectivity index (χ4n) is 2.91. The predicted molar refractivity (Wildman–Crippen MR) is 107 cm³/mol. The van der Waals surface area contributed by atoms with Crippen LogP contribution in [0.1, 0.15) is 10.4 Å². The highest BCUT2D eigenvalue weighted by molar-refractivity contribution is 14.1. The van der Waals surface area contributed by atoms with Crippen LogP contribution in [0.3, 0.4) is 0 Å². The van der Waals surface area contributed by atoms with Crippen molar-refractivity contribution in [3.05, 3.63) is 63.5 Å². The van der Waals surface area contributed by atoms with Crippen LogP contribution >= 0.6 is 22.6 Å². The SMILES string of the molecule is O=C(NCC(=O)N1CCN(c2ccccc2F)CC1)c1ccccc1I. The van der Waals surface area contributed by atoms with E-state index in [0.717, 1.165) is 3.57 Å². The molecule has 7 heteroatoms. The second-order valence-electron chi connectivity index (χ2n) is 5.98. The molecule has 0 saturated carbocycles. The molecule has 2 amide bonds. The standard InChI is InChI=1S/C19H19FIN3O2/c20-15-6-2-4-8-17(15)23-9-11-24(12-10-23)18(25)13-22-19(26)14-5-1-3-7-16(14)21/h1-8H,9-13H2,(H,22,26). The first-order valence-electron chi connectivity index (χ1n) is 8.36. The Balaban J connectivity index is 1.50. The number of nitrogens with zero attached hydrogens (tertiary/aromatic N) is 2. The number of para-hydroxylation sites is 1. The molecule has 3 rings (SSSR count). The molecule has 2 aromatic rings. The third-order valence-electron chi connectivity index (χ3n) is 4.34. The maximum atomic E-state index is 13.9. The first-order chi connectivity index (χ1) is 12.6. The Morgan fingerprint density at radius 2 is 1.65 bits per heavy atom. The molecule has 1 N–H and O–H groups in total. The maximum Gasteiger partial charge on any atom is 0.252 e. The van der Waals surface area contributed by atoms with Crippen molar-refractivity contribution in [2.75, 3.05) is 37.6 Å². The van der Waals surface area contributed by atoms with Gasteiger partial charge in [-0.05, 0) is 46.9 Å². The number of carbonyl (C=O) groups is 2. The summed E-state index contributed by atoms with van der Waals surface area (Å²) in [5.41, 5.74) is 1.12. The third-order valence-corrected chi connectivity index (χ3v) is 5.28. The topological polar surface area (TPSA) is 52.7 Å². The van der Waals surface area contributed by atoms with Crippen molar-refractivity contribution in [2.24, 2.45) is 0 Å². The largest absolute Gasteiger partial charge is 0.366 e. The van der Waals surface area contributed by atoms with Crippen molar-refractivity contribution >= 4 is 40.1 Å². The molecule has 0 atom stereocenters. The van der Waals surface area contributed by atoms with Crippen molar-refractivity contribution in [2.45, 2.75) is 0 Å². The monoisotopic (exact) mass is 467 g/mol. The average molecular weight is 467 g/mol. The van der Waals surface area contributed by atoms with Gasteiger partial charge in [-0.25, -0.2) is 4.39 Å². The number of benzene rings is 2. The number of halogens is 2. The van der Waals surface area contributed by atoms with Crippen molar-refractivity contribution in [1.29, 1.82) is 0 Å². The van der Waals surface area contributed by atoms with Crippen molar-refractivity contribution in [1.82, 2.24) is 10.2 Å². The van der Waals surface area contributed by atoms with E-state index in [4.69, 9.17) is 0 Å². The molecule has 0 radical (unpaired) electrons. The van der Waals surface area contributed by atoms with E-state index in [-0.39, 0.29) is 24.2 Å². The van der Waals surface area contributed by atoms with E-state index >= 15 is 0 Å². The molecule has 5 nitrogen and oxygen atoms in total. The molecule has 0 aliphatic carbocycles. The molecule has 0 unspecified atom stereocenters. The van der Waals surface area contributed by atoms with Crippen LogP contribution in [0.25, 0.3) is 0 Å². The van der Waals surface area contributed by atoms with E-state index in [9.17, 15) is 14.0 Å². The van der Waals surface area contributed by atoms with Gasteiger partial charge >= 0.3 is 0 Å². The van der Waals surface area contributed by atoms with E-state index in [1.54, 1.807) is 35.2 Å². The molecule has 1 saturated heterocycles. The number of rotatable bonds is 4. The lowest BCUT2D eigenvalue weighted by Crippen LogP contribution is -2.51.